The maximum atomic E-state index is 4.48. The van der Waals surface area contributed by atoms with Crippen molar-refractivity contribution < 1.29 is 0 Å². The highest BCUT2D eigenvalue weighted by atomic mass is 15.3. The summed E-state index contributed by atoms with van der Waals surface area (Å²) in [7, 11) is 1.86. The number of guanidine groups is 1. The number of likely N-dealkylation sites (tertiary alicyclic amines) is 1. The Morgan fingerprint density at radius 2 is 2.13 bits per heavy atom. The molecule has 2 fully saturated rings. The molecule has 2 aromatic rings. The number of pyridine rings is 1. The molecule has 0 atom stereocenters. The molecule has 6 nitrogen and oxygen atoms in total. The fraction of sp³-hybridized carbons (Fsp3) is 0.588. The Kier molecular flexibility index (Phi) is 3.67. The van der Waals surface area contributed by atoms with Crippen molar-refractivity contribution in [2.45, 2.75) is 38.6 Å². The third-order valence-corrected chi connectivity index (χ3v) is 5.40. The van der Waals surface area contributed by atoms with Crippen molar-refractivity contribution in [2.24, 2.45) is 10.4 Å². The van der Waals surface area contributed by atoms with Crippen LogP contribution in [0.2, 0.25) is 0 Å². The molecule has 1 spiro atoms. The number of hydrogen-bond donors (Lipinski definition) is 1. The van der Waals surface area contributed by atoms with Crippen LogP contribution in [0.4, 0.5) is 0 Å². The molecule has 23 heavy (non-hydrogen) atoms. The molecule has 0 bridgehead atoms. The molecule has 0 amide bonds. The summed E-state index contributed by atoms with van der Waals surface area (Å²) in [6, 6.07) is 5.94. The molecule has 4 rings (SSSR count). The van der Waals surface area contributed by atoms with Crippen LogP contribution in [0.3, 0.4) is 0 Å². The Bertz CT molecular complexity index is 713. The Morgan fingerprint density at radius 1 is 1.26 bits per heavy atom. The summed E-state index contributed by atoms with van der Waals surface area (Å²) in [5, 5.41) is 11.9. The Balaban J connectivity index is 1.43. The predicted octanol–water partition coefficient (Wildman–Crippen LogP) is 2.07. The van der Waals surface area contributed by atoms with Gasteiger partial charge in [0.2, 0.25) is 0 Å². The second-order valence-corrected chi connectivity index (χ2v) is 6.82. The van der Waals surface area contributed by atoms with Crippen LogP contribution in [0.15, 0.2) is 29.4 Å². The van der Waals surface area contributed by atoms with E-state index in [4.69, 9.17) is 0 Å². The average molecular weight is 312 g/mol. The number of aliphatic imine (C=N–C) groups is 1. The quantitative estimate of drug-likeness (QED) is 0.681. The minimum absolute atomic E-state index is 0.555. The summed E-state index contributed by atoms with van der Waals surface area (Å²) in [4.78, 5) is 6.89. The molecule has 122 valence electrons. The minimum Gasteiger partial charge on any atom is -0.349 e. The molecule has 6 heteroatoms. The fourth-order valence-corrected chi connectivity index (χ4v) is 4.15. The first-order valence-electron chi connectivity index (χ1n) is 8.54. The highest BCUT2D eigenvalue weighted by Crippen LogP contribution is 2.45. The van der Waals surface area contributed by atoms with E-state index in [1.807, 2.05) is 35.8 Å². The van der Waals surface area contributed by atoms with Crippen LogP contribution in [0.5, 0.6) is 0 Å². The SMILES string of the molecule is CN=C(NCc1nnc2ccccn12)N1CCC2(CCCC2)C1. The summed E-state index contributed by atoms with van der Waals surface area (Å²) in [6.45, 7) is 2.90. The molecule has 0 aromatic carbocycles. The summed E-state index contributed by atoms with van der Waals surface area (Å²) in [5.41, 5.74) is 1.43. The van der Waals surface area contributed by atoms with Gasteiger partial charge in [-0.3, -0.25) is 9.39 Å². The van der Waals surface area contributed by atoms with Crippen LogP contribution >= 0.6 is 0 Å². The van der Waals surface area contributed by atoms with Gasteiger partial charge >= 0.3 is 0 Å². The third-order valence-electron chi connectivity index (χ3n) is 5.40. The molecule has 0 unspecified atom stereocenters. The standard InChI is InChI=1S/C17H24N6/c1-18-16(22-11-9-17(13-22)7-3-4-8-17)19-12-15-21-20-14-6-2-5-10-23(14)15/h2,5-6,10H,3-4,7-9,11-13H2,1H3,(H,18,19). The van der Waals surface area contributed by atoms with E-state index in [9.17, 15) is 0 Å². The molecular formula is C17H24N6. The van der Waals surface area contributed by atoms with Crippen LogP contribution in [0, 0.1) is 5.41 Å². The lowest BCUT2D eigenvalue weighted by Crippen LogP contribution is -2.40. The molecule has 2 aliphatic rings. The van der Waals surface area contributed by atoms with Gasteiger partial charge in [-0.25, -0.2) is 0 Å². The van der Waals surface area contributed by atoms with Crippen LogP contribution in [0.1, 0.15) is 37.9 Å². The molecule has 1 saturated heterocycles. The van der Waals surface area contributed by atoms with Crippen molar-refractivity contribution in [2.75, 3.05) is 20.1 Å². The van der Waals surface area contributed by atoms with E-state index in [0.29, 0.717) is 12.0 Å². The minimum atomic E-state index is 0.555. The number of hydrogen-bond acceptors (Lipinski definition) is 3. The number of nitrogens with zero attached hydrogens (tertiary/aromatic N) is 5. The molecule has 1 aliphatic heterocycles. The number of fused-ring (bicyclic) bond motifs is 1. The van der Waals surface area contributed by atoms with E-state index in [-0.39, 0.29) is 0 Å². The zero-order chi connectivity index (χ0) is 15.7. The highest BCUT2D eigenvalue weighted by molar-refractivity contribution is 5.80. The van der Waals surface area contributed by atoms with Crippen LogP contribution in [-0.4, -0.2) is 45.6 Å². The predicted molar refractivity (Wildman–Crippen MR) is 90.3 cm³/mol. The second-order valence-electron chi connectivity index (χ2n) is 6.82. The van der Waals surface area contributed by atoms with Crippen LogP contribution in [0.25, 0.3) is 5.65 Å². The largest absolute Gasteiger partial charge is 0.349 e. The van der Waals surface area contributed by atoms with Crippen molar-refractivity contribution in [3.63, 3.8) is 0 Å². The molecular weight excluding hydrogens is 288 g/mol. The Labute approximate surface area is 136 Å². The zero-order valence-corrected chi connectivity index (χ0v) is 13.7. The highest BCUT2D eigenvalue weighted by Gasteiger charge is 2.41. The van der Waals surface area contributed by atoms with Gasteiger partial charge in [-0.05, 0) is 36.8 Å². The van der Waals surface area contributed by atoms with E-state index in [0.717, 1.165) is 30.5 Å². The van der Waals surface area contributed by atoms with Crippen LogP contribution in [-0.2, 0) is 6.54 Å². The van der Waals surface area contributed by atoms with Gasteiger partial charge in [0.1, 0.15) is 0 Å². The van der Waals surface area contributed by atoms with Gasteiger partial charge in [-0.1, -0.05) is 18.9 Å². The molecule has 1 N–H and O–H groups in total. The van der Waals surface area contributed by atoms with Crippen molar-refractivity contribution in [3.8, 4) is 0 Å². The van der Waals surface area contributed by atoms with Gasteiger partial charge in [-0.2, -0.15) is 0 Å². The maximum Gasteiger partial charge on any atom is 0.194 e. The Morgan fingerprint density at radius 3 is 2.96 bits per heavy atom. The fourth-order valence-electron chi connectivity index (χ4n) is 4.15. The van der Waals surface area contributed by atoms with Crippen molar-refractivity contribution in [1.29, 1.82) is 0 Å². The van der Waals surface area contributed by atoms with Crippen LogP contribution < -0.4 is 5.32 Å². The summed E-state index contributed by atoms with van der Waals surface area (Å²) < 4.78 is 2.02. The smallest absolute Gasteiger partial charge is 0.194 e. The lowest BCUT2D eigenvalue weighted by molar-refractivity contribution is 0.309. The normalized spacial score (nSPS) is 20.7. The van der Waals surface area contributed by atoms with E-state index >= 15 is 0 Å². The van der Waals surface area contributed by atoms with Crippen molar-refractivity contribution in [1.82, 2.24) is 24.8 Å². The van der Waals surface area contributed by atoms with Gasteiger partial charge in [0.25, 0.3) is 0 Å². The van der Waals surface area contributed by atoms with Crippen molar-refractivity contribution in [3.05, 3.63) is 30.2 Å². The second kappa shape index (κ2) is 5.83. The monoisotopic (exact) mass is 312 g/mol. The molecule has 3 heterocycles. The summed E-state index contributed by atoms with van der Waals surface area (Å²) in [6.07, 6.45) is 8.86. The average Bonchev–Trinajstić information content (AvgIpc) is 3.30. The lowest BCUT2D eigenvalue weighted by Gasteiger charge is -2.25. The Hall–Kier alpha value is -2.11. The van der Waals surface area contributed by atoms with Gasteiger partial charge in [0.05, 0.1) is 6.54 Å². The topological polar surface area (TPSA) is 57.8 Å². The first-order valence-corrected chi connectivity index (χ1v) is 8.54. The van der Waals surface area contributed by atoms with Gasteiger partial charge in [0.15, 0.2) is 17.4 Å². The van der Waals surface area contributed by atoms with E-state index in [1.54, 1.807) is 0 Å². The molecule has 2 aromatic heterocycles. The van der Waals surface area contributed by atoms with E-state index in [2.05, 4.69) is 25.4 Å². The first-order chi connectivity index (χ1) is 11.3. The number of nitrogens with one attached hydrogen (secondary N) is 1. The number of aromatic nitrogens is 3. The lowest BCUT2D eigenvalue weighted by atomic mass is 9.86. The van der Waals surface area contributed by atoms with Gasteiger partial charge in [0, 0.05) is 26.3 Å². The van der Waals surface area contributed by atoms with Crippen molar-refractivity contribution >= 4 is 11.6 Å². The summed E-state index contributed by atoms with van der Waals surface area (Å²) >= 11 is 0. The number of rotatable bonds is 2. The van der Waals surface area contributed by atoms with E-state index in [1.165, 1.54) is 32.1 Å². The molecule has 1 saturated carbocycles. The third kappa shape index (κ3) is 2.66. The zero-order valence-electron chi connectivity index (χ0n) is 13.7. The maximum absolute atomic E-state index is 4.48. The molecule has 0 radical (unpaired) electrons. The van der Waals surface area contributed by atoms with E-state index < -0.39 is 0 Å². The molecule has 1 aliphatic carbocycles. The van der Waals surface area contributed by atoms with Gasteiger partial charge < -0.3 is 10.2 Å². The first kappa shape index (κ1) is 14.5. The summed E-state index contributed by atoms with van der Waals surface area (Å²) in [5.74, 6) is 1.90. The van der Waals surface area contributed by atoms with Gasteiger partial charge in [-0.15, -0.1) is 10.2 Å².